The summed E-state index contributed by atoms with van der Waals surface area (Å²) in [7, 11) is 1.80. The van der Waals surface area contributed by atoms with E-state index in [9.17, 15) is 9.18 Å². The van der Waals surface area contributed by atoms with Gasteiger partial charge in [-0.3, -0.25) is 9.48 Å². The van der Waals surface area contributed by atoms with Gasteiger partial charge < -0.3 is 5.32 Å². The molecule has 0 atom stereocenters. The van der Waals surface area contributed by atoms with Crippen molar-refractivity contribution in [3.05, 3.63) is 59.7 Å². The van der Waals surface area contributed by atoms with Crippen molar-refractivity contribution < 1.29 is 9.18 Å². The monoisotopic (exact) mass is 259 g/mol. The lowest BCUT2D eigenvalue weighted by Gasteiger charge is -2.03. The van der Waals surface area contributed by atoms with Gasteiger partial charge in [0.15, 0.2) is 0 Å². The quantitative estimate of drug-likeness (QED) is 0.852. The third kappa shape index (κ3) is 3.77. The summed E-state index contributed by atoms with van der Waals surface area (Å²) < 4.78 is 15.0. The van der Waals surface area contributed by atoms with Crippen LogP contribution in [0, 0.1) is 5.82 Å². The molecule has 2 aromatic rings. The van der Waals surface area contributed by atoms with Crippen LogP contribution in [0.4, 0.5) is 4.39 Å². The Labute approximate surface area is 110 Å². The number of rotatable bonds is 4. The molecule has 0 spiro atoms. The number of nitrogens with one attached hydrogen (secondary N) is 1. The lowest BCUT2D eigenvalue weighted by atomic mass is 10.2. The van der Waals surface area contributed by atoms with Crippen molar-refractivity contribution in [3.63, 3.8) is 0 Å². The number of halogens is 1. The SMILES string of the molecule is Cn1cc(/C=C/C(=O)NCc2ccccc2F)cn1. The fourth-order valence-electron chi connectivity index (χ4n) is 1.58. The van der Waals surface area contributed by atoms with Crippen LogP contribution in [0.1, 0.15) is 11.1 Å². The Morgan fingerprint density at radius 3 is 2.95 bits per heavy atom. The number of aromatic nitrogens is 2. The first kappa shape index (κ1) is 13.0. The number of nitrogens with zero attached hydrogens (tertiary/aromatic N) is 2. The maximum absolute atomic E-state index is 13.3. The lowest BCUT2D eigenvalue weighted by Crippen LogP contribution is -2.20. The molecule has 2 rings (SSSR count). The molecule has 1 amide bonds. The molecule has 98 valence electrons. The van der Waals surface area contributed by atoms with Crippen LogP contribution in [-0.2, 0) is 18.4 Å². The number of aryl methyl sites for hydroxylation is 1. The zero-order valence-corrected chi connectivity index (χ0v) is 10.5. The van der Waals surface area contributed by atoms with Crippen molar-refractivity contribution >= 4 is 12.0 Å². The number of hydrogen-bond donors (Lipinski definition) is 1. The van der Waals surface area contributed by atoms with Gasteiger partial charge in [-0.15, -0.1) is 0 Å². The number of carbonyl (C=O) groups excluding carboxylic acids is 1. The molecule has 1 heterocycles. The third-order valence-electron chi connectivity index (χ3n) is 2.56. The predicted octanol–water partition coefficient (Wildman–Crippen LogP) is 1.89. The second-order valence-electron chi connectivity index (χ2n) is 4.09. The molecule has 1 N–H and O–H groups in total. The number of benzene rings is 1. The van der Waals surface area contributed by atoms with Gasteiger partial charge in [0.25, 0.3) is 0 Å². The van der Waals surface area contributed by atoms with E-state index in [1.807, 2.05) is 0 Å². The van der Waals surface area contributed by atoms with Crippen LogP contribution in [-0.4, -0.2) is 15.7 Å². The molecule has 19 heavy (non-hydrogen) atoms. The summed E-state index contributed by atoms with van der Waals surface area (Å²) in [4.78, 5) is 11.6. The van der Waals surface area contributed by atoms with E-state index in [-0.39, 0.29) is 18.3 Å². The maximum atomic E-state index is 13.3. The van der Waals surface area contributed by atoms with E-state index in [1.165, 1.54) is 12.1 Å². The number of carbonyl (C=O) groups is 1. The van der Waals surface area contributed by atoms with Gasteiger partial charge in [0, 0.05) is 37.0 Å². The summed E-state index contributed by atoms with van der Waals surface area (Å²) in [6.07, 6.45) is 6.50. The van der Waals surface area contributed by atoms with Crippen LogP contribution in [0.2, 0.25) is 0 Å². The van der Waals surface area contributed by atoms with E-state index in [2.05, 4.69) is 10.4 Å². The van der Waals surface area contributed by atoms with Crippen LogP contribution in [0.25, 0.3) is 6.08 Å². The molecule has 0 radical (unpaired) electrons. The molecule has 0 fully saturated rings. The molecule has 0 saturated carbocycles. The van der Waals surface area contributed by atoms with Gasteiger partial charge >= 0.3 is 0 Å². The summed E-state index contributed by atoms with van der Waals surface area (Å²) >= 11 is 0. The number of amides is 1. The molecule has 5 heteroatoms. The van der Waals surface area contributed by atoms with Gasteiger partial charge in [0.2, 0.25) is 5.91 Å². The minimum absolute atomic E-state index is 0.170. The molecule has 0 saturated heterocycles. The molecular weight excluding hydrogens is 245 g/mol. The van der Waals surface area contributed by atoms with Crippen molar-refractivity contribution in [2.75, 3.05) is 0 Å². The van der Waals surface area contributed by atoms with Crippen LogP contribution >= 0.6 is 0 Å². The molecule has 4 nitrogen and oxygen atoms in total. The highest BCUT2D eigenvalue weighted by Gasteiger charge is 2.01. The van der Waals surface area contributed by atoms with E-state index in [0.29, 0.717) is 5.56 Å². The Morgan fingerprint density at radius 1 is 1.47 bits per heavy atom. The third-order valence-corrected chi connectivity index (χ3v) is 2.56. The normalized spacial score (nSPS) is 10.8. The van der Waals surface area contributed by atoms with E-state index in [4.69, 9.17) is 0 Å². The summed E-state index contributed by atoms with van der Waals surface area (Å²) in [5.74, 6) is -0.592. The maximum Gasteiger partial charge on any atom is 0.244 e. The van der Waals surface area contributed by atoms with Gasteiger partial charge in [-0.05, 0) is 12.1 Å². The summed E-state index contributed by atoms with van der Waals surface area (Å²) in [5.41, 5.74) is 1.30. The fraction of sp³-hybridized carbons (Fsp3) is 0.143. The van der Waals surface area contributed by atoms with Gasteiger partial charge in [0.05, 0.1) is 6.20 Å². The zero-order valence-electron chi connectivity index (χ0n) is 10.5. The first-order chi connectivity index (χ1) is 9.15. The minimum Gasteiger partial charge on any atom is -0.348 e. The average Bonchev–Trinajstić information content (AvgIpc) is 2.81. The fourth-order valence-corrected chi connectivity index (χ4v) is 1.58. The van der Waals surface area contributed by atoms with Crippen molar-refractivity contribution in [3.8, 4) is 0 Å². The van der Waals surface area contributed by atoms with E-state index >= 15 is 0 Å². The Kier molecular flexibility index (Phi) is 4.07. The van der Waals surface area contributed by atoms with Crippen LogP contribution < -0.4 is 5.32 Å². The topological polar surface area (TPSA) is 46.9 Å². The molecule has 0 aliphatic carbocycles. The number of hydrogen-bond acceptors (Lipinski definition) is 2. The second-order valence-corrected chi connectivity index (χ2v) is 4.09. The minimum atomic E-state index is -0.320. The average molecular weight is 259 g/mol. The van der Waals surface area contributed by atoms with Crippen LogP contribution in [0.3, 0.4) is 0 Å². The van der Waals surface area contributed by atoms with Crippen LogP contribution in [0.5, 0.6) is 0 Å². The van der Waals surface area contributed by atoms with Crippen molar-refractivity contribution in [2.45, 2.75) is 6.54 Å². The Hall–Kier alpha value is -2.43. The van der Waals surface area contributed by atoms with Crippen molar-refractivity contribution in [1.29, 1.82) is 0 Å². The first-order valence-corrected chi connectivity index (χ1v) is 5.83. The summed E-state index contributed by atoms with van der Waals surface area (Å²) in [5, 5.41) is 6.61. The summed E-state index contributed by atoms with van der Waals surface area (Å²) in [6.45, 7) is 0.170. The lowest BCUT2D eigenvalue weighted by molar-refractivity contribution is -0.116. The predicted molar refractivity (Wildman–Crippen MR) is 70.5 cm³/mol. The van der Waals surface area contributed by atoms with Gasteiger partial charge in [-0.25, -0.2) is 4.39 Å². The molecule has 0 aliphatic heterocycles. The van der Waals surface area contributed by atoms with Crippen molar-refractivity contribution in [1.82, 2.24) is 15.1 Å². The highest BCUT2D eigenvalue weighted by molar-refractivity contribution is 5.91. The smallest absolute Gasteiger partial charge is 0.244 e. The highest BCUT2D eigenvalue weighted by Crippen LogP contribution is 2.05. The standard InChI is InChI=1S/C14H14FN3O/c1-18-10-11(8-17-18)6-7-14(19)16-9-12-4-2-3-5-13(12)15/h2-8,10H,9H2,1H3,(H,16,19)/b7-6+. The summed E-state index contributed by atoms with van der Waals surface area (Å²) in [6, 6.07) is 6.35. The van der Waals surface area contributed by atoms with Crippen molar-refractivity contribution in [2.24, 2.45) is 7.05 Å². The molecule has 0 aliphatic rings. The molecule has 0 bridgehead atoms. The molecular formula is C14H14FN3O. The highest BCUT2D eigenvalue weighted by atomic mass is 19.1. The molecule has 0 unspecified atom stereocenters. The van der Waals surface area contributed by atoms with Gasteiger partial charge in [-0.1, -0.05) is 18.2 Å². The largest absolute Gasteiger partial charge is 0.348 e. The van der Waals surface area contributed by atoms with Gasteiger partial charge in [-0.2, -0.15) is 5.10 Å². The second kappa shape index (κ2) is 5.95. The van der Waals surface area contributed by atoms with E-state index in [0.717, 1.165) is 5.56 Å². The zero-order chi connectivity index (χ0) is 13.7. The molecule has 1 aromatic heterocycles. The van der Waals surface area contributed by atoms with E-state index in [1.54, 1.807) is 48.4 Å². The van der Waals surface area contributed by atoms with Crippen LogP contribution in [0.15, 0.2) is 42.7 Å². The Bertz CT molecular complexity index is 604. The first-order valence-electron chi connectivity index (χ1n) is 5.83. The Morgan fingerprint density at radius 2 is 2.26 bits per heavy atom. The molecule has 1 aromatic carbocycles. The Balaban J connectivity index is 1.88. The van der Waals surface area contributed by atoms with E-state index < -0.39 is 0 Å². The van der Waals surface area contributed by atoms with Gasteiger partial charge in [0.1, 0.15) is 5.82 Å².